The molecule has 0 radical (unpaired) electrons. The highest BCUT2D eigenvalue weighted by molar-refractivity contribution is 5.88. The Morgan fingerprint density at radius 2 is 1.52 bits per heavy atom. The minimum absolute atomic E-state index is 0.0112. The van der Waals surface area contributed by atoms with Crippen molar-refractivity contribution in [1.82, 2.24) is 0 Å². The number of ether oxygens (including phenoxy) is 4. The number of Topliss-reactive ketones (excluding diaryl/α,β-unsaturated/α-hetero) is 2. The van der Waals surface area contributed by atoms with Crippen LogP contribution in [-0.2, 0) is 28.5 Å². The number of ketones is 2. The van der Waals surface area contributed by atoms with E-state index in [9.17, 15) is 9.59 Å². The van der Waals surface area contributed by atoms with Crippen LogP contribution in [0.5, 0.6) is 0 Å². The van der Waals surface area contributed by atoms with Gasteiger partial charge in [-0.3, -0.25) is 9.59 Å². The van der Waals surface area contributed by atoms with E-state index in [1.54, 1.807) is 14.2 Å². The molecule has 27 heavy (non-hydrogen) atoms. The lowest BCUT2D eigenvalue weighted by molar-refractivity contribution is -0.230. The van der Waals surface area contributed by atoms with Gasteiger partial charge in [-0.05, 0) is 52.9 Å². The molecule has 0 heterocycles. The molecule has 1 atom stereocenters. The molecule has 0 aromatic rings. The quantitative estimate of drug-likeness (QED) is 0.331. The van der Waals surface area contributed by atoms with Gasteiger partial charge in [-0.1, -0.05) is 12.8 Å². The van der Waals surface area contributed by atoms with Gasteiger partial charge in [0.25, 0.3) is 0 Å². The molecule has 158 valence electrons. The van der Waals surface area contributed by atoms with Gasteiger partial charge in [0.15, 0.2) is 17.4 Å². The number of hydrogen-bond acceptors (Lipinski definition) is 6. The van der Waals surface area contributed by atoms with Crippen molar-refractivity contribution in [2.75, 3.05) is 20.8 Å². The van der Waals surface area contributed by atoms with Gasteiger partial charge in [0.05, 0.1) is 6.61 Å². The van der Waals surface area contributed by atoms with Crippen LogP contribution in [0.4, 0.5) is 0 Å². The Bertz CT molecular complexity index is 465. The number of carbonyl (C=O) groups is 2. The van der Waals surface area contributed by atoms with E-state index in [0.29, 0.717) is 19.4 Å². The van der Waals surface area contributed by atoms with E-state index in [2.05, 4.69) is 0 Å². The number of methoxy groups -OCH3 is 2. The maximum atomic E-state index is 12.8. The molecule has 0 N–H and O–H groups in total. The van der Waals surface area contributed by atoms with E-state index in [0.717, 1.165) is 25.7 Å². The van der Waals surface area contributed by atoms with Crippen LogP contribution in [-0.4, -0.2) is 50.1 Å². The van der Waals surface area contributed by atoms with E-state index in [4.69, 9.17) is 18.9 Å². The fourth-order valence-corrected chi connectivity index (χ4v) is 3.21. The fourth-order valence-electron chi connectivity index (χ4n) is 3.21. The maximum Gasteiger partial charge on any atom is 0.163 e. The molecule has 1 unspecified atom stereocenters. The van der Waals surface area contributed by atoms with E-state index >= 15 is 0 Å². The smallest absolute Gasteiger partial charge is 0.163 e. The zero-order valence-electron chi connectivity index (χ0n) is 18.0. The summed E-state index contributed by atoms with van der Waals surface area (Å²) < 4.78 is 22.1. The van der Waals surface area contributed by atoms with Gasteiger partial charge in [-0.25, -0.2) is 0 Å². The van der Waals surface area contributed by atoms with Crippen molar-refractivity contribution >= 4 is 11.6 Å². The second-order valence-electron chi connectivity index (χ2n) is 8.25. The van der Waals surface area contributed by atoms with Crippen LogP contribution in [0.3, 0.4) is 0 Å². The monoisotopic (exact) mass is 386 g/mol. The lowest BCUT2D eigenvalue weighted by Crippen LogP contribution is -2.40. The normalized spacial score (nSPS) is 17.3. The molecular weight excluding hydrogens is 348 g/mol. The van der Waals surface area contributed by atoms with Gasteiger partial charge in [0, 0.05) is 33.5 Å². The van der Waals surface area contributed by atoms with Crippen LogP contribution in [0.2, 0.25) is 0 Å². The summed E-state index contributed by atoms with van der Waals surface area (Å²) in [5, 5.41) is 0. The minimum atomic E-state index is -0.807. The molecule has 0 spiro atoms. The third-order valence-electron chi connectivity index (χ3n) is 5.24. The Kier molecular flexibility index (Phi) is 10.1. The Balaban J connectivity index is 2.42. The summed E-state index contributed by atoms with van der Waals surface area (Å²) in [7, 11) is 3.16. The standard InChI is InChI=1S/C21H38O6/c1-20(2,24-5)26-15-9-12-17(22)13-14-18(23)19(16-10-7-8-11-16)27-21(3,4)25-6/h16,19H,7-15H2,1-6H3. The Morgan fingerprint density at radius 1 is 0.926 bits per heavy atom. The Hall–Kier alpha value is -0.820. The van der Waals surface area contributed by atoms with Crippen LogP contribution in [0.25, 0.3) is 0 Å². The second-order valence-corrected chi connectivity index (χ2v) is 8.25. The van der Waals surface area contributed by atoms with Crippen molar-refractivity contribution in [3.8, 4) is 0 Å². The van der Waals surface area contributed by atoms with Crippen LogP contribution in [0.15, 0.2) is 0 Å². The van der Waals surface area contributed by atoms with Gasteiger partial charge in [-0.2, -0.15) is 0 Å². The summed E-state index contributed by atoms with van der Waals surface area (Å²) in [5.41, 5.74) is 0. The lowest BCUT2D eigenvalue weighted by Gasteiger charge is -2.32. The predicted octanol–water partition coefficient (Wildman–Crippen LogP) is 4.04. The van der Waals surface area contributed by atoms with E-state index < -0.39 is 17.7 Å². The van der Waals surface area contributed by atoms with E-state index in [1.807, 2.05) is 27.7 Å². The van der Waals surface area contributed by atoms with E-state index in [1.165, 1.54) is 0 Å². The number of rotatable bonds is 14. The third-order valence-corrected chi connectivity index (χ3v) is 5.24. The molecule has 6 heteroatoms. The van der Waals surface area contributed by atoms with Crippen molar-refractivity contribution in [2.24, 2.45) is 5.92 Å². The Morgan fingerprint density at radius 3 is 2.07 bits per heavy atom. The summed E-state index contributed by atoms with van der Waals surface area (Å²) in [5.74, 6) is -1.13. The van der Waals surface area contributed by atoms with E-state index in [-0.39, 0.29) is 30.3 Å². The van der Waals surface area contributed by atoms with Gasteiger partial charge >= 0.3 is 0 Å². The lowest BCUT2D eigenvalue weighted by atomic mass is 9.93. The van der Waals surface area contributed by atoms with Gasteiger partial charge in [0.2, 0.25) is 0 Å². The summed E-state index contributed by atoms with van der Waals surface area (Å²) in [6.45, 7) is 7.75. The van der Waals surface area contributed by atoms with Crippen molar-refractivity contribution in [1.29, 1.82) is 0 Å². The fraction of sp³-hybridized carbons (Fsp3) is 0.905. The third kappa shape index (κ3) is 9.28. The first-order chi connectivity index (χ1) is 12.6. The molecule has 0 aromatic carbocycles. The maximum absolute atomic E-state index is 12.8. The molecule has 1 fully saturated rings. The van der Waals surface area contributed by atoms with Crippen LogP contribution in [0.1, 0.15) is 79.1 Å². The molecule has 1 aliphatic rings. The molecule has 1 saturated carbocycles. The summed E-state index contributed by atoms with van der Waals surface area (Å²) >= 11 is 0. The van der Waals surface area contributed by atoms with Crippen LogP contribution < -0.4 is 0 Å². The highest BCUT2D eigenvalue weighted by atomic mass is 16.7. The highest BCUT2D eigenvalue weighted by Gasteiger charge is 2.35. The van der Waals surface area contributed by atoms with Crippen molar-refractivity contribution in [2.45, 2.75) is 96.7 Å². The van der Waals surface area contributed by atoms with Gasteiger partial charge in [0.1, 0.15) is 11.9 Å². The van der Waals surface area contributed by atoms with Crippen molar-refractivity contribution < 1.29 is 28.5 Å². The molecule has 0 aliphatic heterocycles. The number of carbonyl (C=O) groups excluding carboxylic acids is 2. The zero-order valence-corrected chi connectivity index (χ0v) is 18.0. The summed E-state index contributed by atoms with van der Waals surface area (Å²) in [4.78, 5) is 24.9. The molecule has 0 amide bonds. The molecular formula is C21H38O6. The summed E-state index contributed by atoms with van der Waals surface area (Å²) in [6.07, 6.45) is 5.28. The first kappa shape index (κ1) is 24.2. The van der Waals surface area contributed by atoms with Crippen LogP contribution >= 0.6 is 0 Å². The molecule has 0 saturated heterocycles. The molecule has 0 bridgehead atoms. The second kappa shape index (κ2) is 11.2. The van der Waals surface area contributed by atoms with Gasteiger partial charge in [-0.15, -0.1) is 0 Å². The Labute approximate surface area is 164 Å². The largest absolute Gasteiger partial charge is 0.354 e. The topological polar surface area (TPSA) is 71.1 Å². The average molecular weight is 387 g/mol. The molecule has 6 nitrogen and oxygen atoms in total. The van der Waals surface area contributed by atoms with Crippen molar-refractivity contribution in [3.05, 3.63) is 0 Å². The summed E-state index contributed by atoms with van der Waals surface area (Å²) in [6, 6.07) is 0. The van der Waals surface area contributed by atoms with Crippen molar-refractivity contribution in [3.63, 3.8) is 0 Å². The molecule has 1 rings (SSSR count). The SMILES string of the molecule is COC(C)(C)OCCCC(=O)CCC(=O)C(OC(C)(C)OC)C1CCCC1. The first-order valence-corrected chi connectivity index (χ1v) is 10.1. The highest BCUT2D eigenvalue weighted by Crippen LogP contribution is 2.32. The molecule has 0 aromatic heterocycles. The average Bonchev–Trinajstić information content (AvgIpc) is 3.15. The predicted molar refractivity (Wildman–Crippen MR) is 103 cm³/mol. The molecule has 1 aliphatic carbocycles. The minimum Gasteiger partial charge on any atom is -0.354 e. The zero-order chi connectivity index (χ0) is 20.5. The van der Waals surface area contributed by atoms with Crippen LogP contribution in [0, 0.1) is 5.92 Å². The number of hydrogen-bond donors (Lipinski definition) is 0. The van der Waals surface area contributed by atoms with Gasteiger partial charge < -0.3 is 18.9 Å². The first-order valence-electron chi connectivity index (χ1n) is 10.1.